The molecule has 0 radical (unpaired) electrons. The third-order valence-electron chi connectivity index (χ3n) is 3.51. The first-order valence-corrected chi connectivity index (χ1v) is 9.60. The van der Waals surface area contributed by atoms with Crippen LogP contribution in [0.1, 0.15) is 40.0 Å². The van der Waals surface area contributed by atoms with Gasteiger partial charge in [0.15, 0.2) is 5.16 Å². The van der Waals surface area contributed by atoms with Gasteiger partial charge in [0.2, 0.25) is 5.88 Å². The molecule has 24 heavy (non-hydrogen) atoms. The van der Waals surface area contributed by atoms with Crippen LogP contribution in [0.5, 0.6) is 5.88 Å². The zero-order valence-corrected chi connectivity index (χ0v) is 16.1. The van der Waals surface area contributed by atoms with E-state index in [2.05, 4.69) is 9.97 Å². The largest absolute Gasteiger partial charge is 0.475 e. The average Bonchev–Trinajstić information content (AvgIpc) is 2.51. The number of piperidine rings is 1. The average molecular weight is 374 g/mol. The van der Waals surface area contributed by atoms with E-state index in [1.807, 2.05) is 27.0 Å². The lowest BCUT2D eigenvalue weighted by Crippen LogP contribution is -2.48. The normalized spacial score (nSPS) is 18.4. The fourth-order valence-corrected chi connectivity index (χ4v) is 3.05. The summed E-state index contributed by atoms with van der Waals surface area (Å²) in [6.07, 6.45) is 4.51. The van der Waals surface area contributed by atoms with Crippen molar-refractivity contribution in [3.63, 3.8) is 0 Å². The summed E-state index contributed by atoms with van der Waals surface area (Å²) in [7, 11) is 0. The lowest BCUT2D eigenvalue weighted by molar-refractivity contribution is 0.00330. The number of amides is 1. The molecule has 1 aromatic heterocycles. The Morgan fingerprint density at radius 2 is 2.17 bits per heavy atom. The standard InChI is InChI=1S/C16H24ClN3O3S/c1-16(2,3)23-15(21)20-8-6-5-7-11(20)10-22-13-9-12(17)18-14(19-13)24-4/h9,11H,5-8,10H2,1-4H3/t11-/m0/s1. The molecule has 0 bridgehead atoms. The zero-order valence-electron chi connectivity index (χ0n) is 14.5. The Bertz CT molecular complexity index is 580. The lowest BCUT2D eigenvalue weighted by atomic mass is 10.0. The minimum absolute atomic E-state index is 0.0277. The maximum Gasteiger partial charge on any atom is 0.410 e. The highest BCUT2D eigenvalue weighted by Crippen LogP contribution is 2.23. The molecular formula is C16H24ClN3O3S. The Morgan fingerprint density at radius 1 is 1.42 bits per heavy atom. The van der Waals surface area contributed by atoms with Crippen LogP contribution >= 0.6 is 23.4 Å². The number of rotatable bonds is 4. The van der Waals surface area contributed by atoms with Crippen LogP contribution in [0, 0.1) is 0 Å². The molecule has 6 nitrogen and oxygen atoms in total. The third-order valence-corrected chi connectivity index (χ3v) is 4.25. The van der Waals surface area contributed by atoms with E-state index in [0.717, 1.165) is 19.3 Å². The molecule has 0 unspecified atom stereocenters. The van der Waals surface area contributed by atoms with Crippen molar-refractivity contribution in [2.75, 3.05) is 19.4 Å². The number of likely N-dealkylation sites (tertiary alicyclic amines) is 1. The number of ether oxygens (including phenoxy) is 2. The molecule has 1 aliphatic rings. The van der Waals surface area contributed by atoms with Crippen molar-refractivity contribution < 1.29 is 14.3 Å². The molecule has 1 amide bonds. The van der Waals surface area contributed by atoms with Gasteiger partial charge in [-0.1, -0.05) is 23.4 Å². The molecule has 1 saturated heterocycles. The van der Waals surface area contributed by atoms with Gasteiger partial charge < -0.3 is 14.4 Å². The van der Waals surface area contributed by atoms with Crippen LogP contribution < -0.4 is 4.74 Å². The molecule has 134 valence electrons. The number of carbonyl (C=O) groups excluding carboxylic acids is 1. The maximum atomic E-state index is 12.4. The maximum absolute atomic E-state index is 12.4. The minimum Gasteiger partial charge on any atom is -0.475 e. The first kappa shape index (κ1) is 19.1. The summed E-state index contributed by atoms with van der Waals surface area (Å²) in [6.45, 7) is 6.65. The van der Waals surface area contributed by atoms with Crippen molar-refractivity contribution in [1.29, 1.82) is 0 Å². The predicted molar refractivity (Wildman–Crippen MR) is 94.9 cm³/mol. The molecule has 0 N–H and O–H groups in total. The van der Waals surface area contributed by atoms with Crippen LogP contribution in [-0.2, 0) is 4.74 Å². The van der Waals surface area contributed by atoms with Crippen LogP contribution in [0.3, 0.4) is 0 Å². The number of nitrogens with zero attached hydrogens (tertiary/aromatic N) is 3. The summed E-state index contributed by atoms with van der Waals surface area (Å²) in [4.78, 5) is 22.5. The molecule has 0 aliphatic carbocycles. The van der Waals surface area contributed by atoms with Crippen LogP contribution in [0.25, 0.3) is 0 Å². The summed E-state index contributed by atoms with van der Waals surface area (Å²) in [5.74, 6) is 0.425. The zero-order chi connectivity index (χ0) is 17.7. The van der Waals surface area contributed by atoms with Crippen molar-refractivity contribution in [3.8, 4) is 5.88 Å². The molecule has 0 spiro atoms. The second kappa shape index (κ2) is 8.25. The molecule has 0 aromatic carbocycles. The van der Waals surface area contributed by atoms with E-state index >= 15 is 0 Å². The van der Waals surface area contributed by atoms with Gasteiger partial charge in [0.1, 0.15) is 17.4 Å². The number of halogens is 1. The number of hydrogen-bond donors (Lipinski definition) is 0. The van der Waals surface area contributed by atoms with Gasteiger partial charge in [-0.3, -0.25) is 0 Å². The molecule has 1 atom stereocenters. The van der Waals surface area contributed by atoms with Gasteiger partial charge in [-0.15, -0.1) is 0 Å². The highest BCUT2D eigenvalue weighted by atomic mass is 35.5. The van der Waals surface area contributed by atoms with Gasteiger partial charge >= 0.3 is 6.09 Å². The van der Waals surface area contributed by atoms with Crippen molar-refractivity contribution >= 4 is 29.5 Å². The number of carbonyl (C=O) groups is 1. The predicted octanol–water partition coefficient (Wildman–Crippen LogP) is 4.02. The van der Waals surface area contributed by atoms with E-state index in [1.165, 1.54) is 11.8 Å². The van der Waals surface area contributed by atoms with E-state index < -0.39 is 5.60 Å². The quantitative estimate of drug-likeness (QED) is 0.451. The molecule has 8 heteroatoms. The lowest BCUT2D eigenvalue weighted by Gasteiger charge is -2.36. The fourth-order valence-electron chi connectivity index (χ4n) is 2.46. The Hall–Kier alpha value is -1.21. The first-order chi connectivity index (χ1) is 11.3. The molecule has 2 heterocycles. The number of hydrogen-bond acceptors (Lipinski definition) is 6. The van der Waals surface area contributed by atoms with Gasteiger partial charge in [-0.05, 0) is 46.3 Å². The molecular weight excluding hydrogens is 350 g/mol. The SMILES string of the molecule is CSc1nc(Cl)cc(OC[C@@H]2CCCCN2C(=O)OC(C)(C)C)n1. The van der Waals surface area contributed by atoms with E-state index in [1.54, 1.807) is 11.0 Å². The monoisotopic (exact) mass is 373 g/mol. The summed E-state index contributed by atoms with van der Waals surface area (Å²) >= 11 is 7.37. The summed E-state index contributed by atoms with van der Waals surface area (Å²) in [5.41, 5.74) is -0.507. The van der Waals surface area contributed by atoms with Crippen molar-refractivity contribution in [2.24, 2.45) is 0 Å². The van der Waals surface area contributed by atoms with Crippen molar-refractivity contribution in [1.82, 2.24) is 14.9 Å². The highest BCUT2D eigenvalue weighted by Gasteiger charge is 2.31. The molecule has 1 aromatic rings. The van der Waals surface area contributed by atoms with Crippen LogP contribution in [0.4, 0.5) is 4.79 Å². The van der Waals surface area contributed by atoms with Crippen molar-refractivity contribution in [2.45, 2.75) is 56.8 Å². The summed E-state index contributed by atoms with van der Waals surface area (Å²) < 4.78 is 11.3. The van der Waals surface area contributed by atoms with E-state index in [9.17, 15) is 4.79 Å². The molecule has 2 rings (SSSR count). The van der Waals surface area contributed by atoms with Crippen LogP contribution in [0.15, 0.2) is 11.2 Å². The van der Waals surface area contributed by atoms with Gasteiger partial charge in [0.25, 0.3) is 0 Å². The van der Waals surface area contributed by atoms with Crippen molar-refractivity contribution in [3.05, 3.63) is 11.2 Å². The van der Waals surface area contributed by atoms with Crippen LogP contribution in [0.2, 0.25) is 5.15 Å². The van der Waals surface area contributed by atoms with Gasteiger partial charge in [-0.25, -0.2) is 9.78 Å². The van der Waals surface area contributed by atoms with E-state index in [-0.39, 0.29) is 12.1 Å². The van der Waals surface area contributed by atoms with Crippen LogP contribution in [-0.4, -0.2) is 52.0 Å². The topological polar surface area (TPSA) is 64.5 Å². The van der Waals surface area contributed by atoms with E-state index in [0.29, 0.717) is 29.3 Å². The number of thioether (sulfide) groups is 1. The minimum atomic E-state index is -0.507. The Kier molecular flexibility index (Phi) is 6.57. The molecule has 1 fully saturated rings. The fraction of sp³-hybridized carbons (Fsp3) is 0.688. The summed E-state index contributed by atoms with van der Waals surface area (Å²) in [6, 6.07) is 1.56. The molecule has 0 saturated carbocycles. The Morgan fingerprint density at radius 3 is 2.83 bits per heavy atom. The third kappa shape index (κ3) is 5.70. The van der Waals surface area contributed by atoms with E-state index in [4.69, 9.17) is 21.1 Å². The Balaban J connectivity index is 2.01. The van der Waals surface area contributed by atoms with Gasteiger partial charge in [0, 0.05) is 12.6 Å². The molecule has 1 aliphatic heterocycles. The first-order valence-electron chi connectivity index (χ1n) is 7.99. The second-order valence-corrected chi connectivity index (χ2v) is 7.81. The summed E-state index contributed by atoms with van der Waals surface area (Å²) in [5, 5.41) is 0.905. The number of aromatic nitrogens is 2. The highest BCUT2D eigenvalue weighted by molar-refractivity contribution is 7.98. The Labute approximate surface area is 152 Å². The second-order valence-electron chi connectivity index (χ2n) is 6.65. The van der Waals surface area contributed by atoms with Gasteiger partial charge in [0.05, 0.1) is 6.04 Å². The smallest absolute Gasteiger partial charge is 0.410 e. The van der Waals surface area contributed by atoms with Gasteiger partial charge in [-0.2, -0.15) is 4.98 Å².